The zero-order valence-electron chi connectivity index (χ0n) is 11.1. The largest absolute Gasteiger partial charge is 0.338 e. The van der Waals surface area contributed by atoms with Crippen LogP contribution in [-0.2, 0) is 0 Å². The smallest absolute Gasteiger partial charge is 0.265 e. The van der Waals surface area contributed by atoms with Crippen molar-refractivity contribution in [3.05, 3.63) is 16.1 Å². The van der Waals surface area contributed by atoms with Crippen molar-refractivity contribution in [1.29, 1.82) is 0 Å². The van der Waals surface area contributed by atoms with Gasteiger partial charge >= 0.3 is 0 Å². The van der Waals surface area contributed by atoms with Crippen molar-refractivity contribution in [2.45, 2.75) is 26.2 Å². The lowest BCUT2D eigenvalue weighted by molar-refractivity contribution is 0.0612. The summed E-state index contributed by atoms with van der Waals surface area (Å²) in [6, 6.07) is 0. The molecule has 3 heterocycles. The fourth-order valence-electron chi connectivity index (χ4n) is 3.02. The van der Waals surface area contributed by atoms with E-state index in [-0.39, 0.29) is 18.3 Å². The predicted molar refractivity (Wildman–Crippen MR) is 79.2 cm³/mol. The highest BCUT2D eigenvalue weighted by molar-refractivity contribution is 7.13. The molecule has 2 fully saturated rings. The molecule has 2 saturated heterocycles. The number of nitrogens with one attached hydrogen (secondary N) is 1. The van der Waals surface area contributed by atoms with Crippen LogP contribution < -0.4 is 5.32 Å². The number of thiazole rings is 1. The van der Waals surface area contributed by atoms with Crippen LogP contribution in [0.4, 0.5) is 0 Å². The van der Waals surface area contributed by atoms with Crippen molar-refractivity contribution in [2.75, 3.05) is 26.2 Å². The molecule has 0 aromatic carbocycles. The minimum Gasteiger partial charge on any atom is -0.338 e. The van der Waals surface area contributed by atoms with E-state index in [4.69, 9.17) is 0 Å². The Balaban J connectivity index is 0.00000133. The number of amides is 1. The molecule has 1 spiro atoms. The van der Waals surface area contributed by atoms with Crippen LogP contribution in [0.3, 0.4) is 0 Å². The normalized spacial score (nSPS) is 21.4. The van der Waals surface area contributed by atoms with E-state index in [1.165, 1.54) is 17.8 Å². The zero-order valence-corrected chi connectivity index (χ0v) is 12.8. The lowest BCUT2D eigenvalue weighted by Crippen LogP contribution is -2.43. The molecule has 0 bridgehead atoms. The molecule has 0 unspecified atom stereocenters. The monoisotopic (exact) mass is 301 g/mol. The van der Waals surface area contributed by atoms with Gasteiger partial charge in [0.05, 0.1) is 11.2 Å². The number of nitrogens with zero attached hydrogens (tertiary/aromatic N) is 2. The van der Waals surface area contributed by atoms with Gasteiger partial charge in [-0.1, -0.05) is 0 Å². The first-order valence-electron chi connectivity index (χ1n) is 6.61. The van der Waals surface area contributed by atoms with Gasteiger partial charge in [0.25, 0.3) is 5.91 Å². The van der Waals surface area contributed by atoms with Gasteiger partial charge in [0.1, 0.15) is 4.88 Å². The molecular weight excluding hydrogens is 282 g/mol. The van der Waals surface area contributed by atoms with Crippen LogP contribution >= 0.6 is 23.7 Å². The first-order chi connectivity index (χ1) is 8.69. The standard InChI is InChI=1S/C13H19N3OS.ClH/c1-10-15-8-11(18-10)12(17)16-6-3-13(4-7-16)2-5-14-9-13;/h8,14H,2-7,9H2,1H3;1H. The fourth-order valence-corrected chi connectivity index (χ4v) is 3.77. The second kappa shape index (κ2) is 5.77. The van der Waals surface area contributed by atoms with Gasteiger partial charge in [-0.15, -0.1) is 23.7 Å². The number of carbonyl (C=O) groups excluding carboxylic acids is 1. The molecule has 2 aliphatic rings. The number of halogens is 1. The number of hydrogen-bond acceptors (Lipinski definition) is 4. The number of rotatable bonds is 1. The molecule has 106 valence electrons. The molecule has 0 radical (unpaired) electrons. The van der Waals surface area contributed by atoms with Crippen LogP contribution in [0.1, 0.15) is 33.9 Å². The molecular formula is C13H20ClN3OS. The molecule has 0 aliphatic carbocycles. The summed E-state index contributed by atoms with van der Waals surface area (Å²) in [5.41, 5.74) is 0.473. The Hall–Kier alpha value is -0.650. The molecule has 0 atom stereocenters. The van der Waals surface area contributed by atoms with Gasteiger partial charge in [-0.05, 0) is 38.1 Å². The molecule has 19 heavy (non-hydrogen) atoms. The van der Waals surface area contributed by atoms with Gasteiger partial charge < -0.3 is 10.2 Å². The second-order valence-corrected chi connectivity index (χ2v) is 6.70. The summed E-state index contributed by atoms with van der Waals surface area (Å²) in [6.07, 6.45) is 5.27. The van der Waals surface area contributed by atoms with E-state index >= 15 is 0 Å². The maximum absolute atomic E-state index is 12.3. The molecule has 1 amide bonds. The summed E-state index contributed by atoms with van der Waals surface area (Å²) in [6.45, 7) is 6.02. The molecule has 2 aliphatic heterocycles. The summed E-state index contributed by atoms with van der Waals surface area (Å²) in [5, 5.41) is 4.42. The second-order valence-electron chi connectivity index (χ2n) is 5.46. The van der Waals surface area contributed by atoms with E-state index < -0.39 is 0 Å². The summed E-state index contributed by atoms with van der Waals surface area (Å²) in [5.74, 6) is 0.168. The summed E-state index contributed by atoms with van der Waals surface area (Å²) in [7, 11) is 0. The van der Waals surface area contributed by atoms with Crippen LogP contribution in [0, 0.1) is 12.3 Å². The Bertz CT molecular complexity index is 446. The van der Waals surface area contributed by atoms with Crippen LogP contribution in [0.2, 0.25) is 0 Å². The quantitative estimate of drug-likeness (QED) is 0.864. The van der Waals surface area contributed by atoms with Gasteiger partial charge in [-0.2, -0.15) is 0 Å². The SMILES string of the molecule is Cc1ncc(C(=O)N2CCC3(CCNC3)CC2)s1.Cl. The zero-order chi connectivity index (χ0) is 12.6. The van der Waals surface area contributed by atoms with Crippen molar-refractivity contribution in [3.63, 3.8) is 0 Å². The summed E-state index contributed by atoms with van der Waals surface area (Å²) in [4.78, 5) is 19.2. The number of carbonyl (C=O) groups is 1. The third-order valence-electron chi connectivity index (χ3n) is 4.28. The maximum atomic E-state index is 12.3. The maximum Gasteiger partial charge on any atom is 0.265 e. The van der Waals surface area contributed by atoms with Gasteiger partial charge in [0.2, 0.25) is 0 Å². The minimum atomic E-state index is 0. The molecule has 1 aromatic heterocycles. The molecule has 4 nitrogen and oxygen atoms in total. The van der Waals surface area contributed by atoms with Crippen molar-refractivity contribution in [1.82, 2.24) is 15.2 Å². The van der Waals surface area contributed by atoms with Gasteiger partial charge in [-0.3, -0.25) is 4.79 Å². The predicted octanol–water partition coefficient (Wildman–Crippen LogP) is 2.09. The molecule has 1 N–H and O–H groups in total. The molecule has 1 aromatic rings. The average Bonchev–Trinajstić information content (AvgIpc) is 3.00. The Morgan fingerprint density at radius 2 is 2.16 bits per heavy atom. The third-order valence-corrected chi connectivity index (χ3v) is 5.18. The van der Waals surface area contributed by atoms with Gasteiger partial charge in [0.15, 0.2) is 0 Å². The highest BCUT2D eigenvalue weighted by Gasteiger charge is 2.38. The number of aryl methyl sites for hydroxylation is 1. The van der Waals surface area contributed by atoms with Crippen molar-refractivity contribution < 1.29 is 4.79 Å². The van der Waals surface area contributed by atoms with Crippen LogP contribution in [0.5, 0.6) is 0 Å². The van der Waals surface area contributed by atoms with E-state index in [2.05, 4.69) is 10.3 Å². The van der Waals surface area contributed by atoms with Gasteiger partial charge in [-0.25, -0.2) is 4.98 Å². The first kappa shape index (κ1) is 14.8. The third kappa shape index (κ3) is 2.93. The van der Waals surface area contributed by atoms with Gasteiger partial charge in [0, 0.05) is 19.6 Å². The van der Waals surface area contributed by atoms with Crippen LogP contribution in [0.15, 0.2) is 6.20 Å². The highest BCUT2D eigenvalue weighted by atomic mass is 35.5. The first-order valence-corrected chi connectivity index (χ1v) is 7.43. The summed E-state index contributed by atoms with van der Waals surface area (Å²) >= 11 is 1.50. The Labute approximate surface area is 124 Å². The lowest BCUT2D eigenvalue weighted by Gasteiger charge is -2.38. The molecule has 3 rings (SSSR count). The van der Waals surface area contributed by atoms with Crippen LogP contribution in [0.25, 0.3) is 0 Å². The van der Waals surface area contributed by atoms with Crippen molar-refractivity contribution in [2.24, 2.45) is 5.41 Å². The van der Waals surface area contributed by atoms with E-state index in [1.54, 1.807) is 6.20 Å². The Morgan fingerprint density at radius 1 is 1.42 bits per heavy atom. The topological polar surface area (TPSA) is 45.2 Å². The highest BCUT2D eigenvalue weighted by Crippen LogP contribution is 2.37. The van der Waals surface area contributed by atoms with E-state index in [1.807, 2.05) is 11.8 Å². The number of piperidine rings is 1. The Morgan fingerprint density at radius 3 is 2.68 bits per heavy atom. The van der Waals surface area contributed by atoms with Crippen molar-refractivity contribution >= 4 is 29.7 Å². The molecule has 0 saturated carbocycles. The Kier molecular flexibility index (Phi) is 4.48. The number of likely N-dealkylation sites (tertiary alicyclic amines) is 1. The summed E-state index contributed by atoms with van der Waals surface area (Å²) < 4.78 is 0. The minimum absolute atomic E-state index is 0. The number of aromatic nitrogens is 1. The fraction of sp³-hybridized carbons (Fsp3) is 0.692. The van der Waals surface area contributed by atoms with E-state index in [9.17, 15) is 4.79 Å². The number of hydrogen-bond donors (Lipinski definition) is 1. The van der Waals surface area contributed by atoms with E-state index in [0.717, 1.165) is 48.9 Å². The molecule has 6 heteroatoms. The lowest BCUT2D eigenvalue weighted by atomic mass is 9.78. The van der Waals surface area contributed by atoms with Crippen LogP contribution in [-0.4, -0.2) is 42.0 Å². The van der Waals surface area contributed by atoms with Crippen molar-refractivity contribution in [3.8, 4) is 0 Å². The average molecular weight is 302 g/mol. The van der Waals surface area contributed by atoms with E-state index in [0.29, 0.717) is 5.41 Å².